The number of benzene rings is 1. The summed E-state index contributed by atoms with van der Waals surface area (Å²) in [6, 6.07) is 4.83. The first kappa shape index (κ1) is 14.7. The lowest BCUT2D eigenvalue weighted by molar-refractivity contribution is -0.483. The highest BCUT2D eigenvalue weighted by molar-refractivity contribution is 6.42. The van der Waals surface area contributed by atoms with Crippen LogP contribution >= 0.6 is 23.2 Å². The minimum Gasteiger partial charge on any atom is -0.469 e. The van der Waals surface area contributed by atoms with Crippen LogP contribution in [-0.2, 0) is 9.53 Å². The van der Waals surface area contributed by atoms with Crippen LogP contribution in [0.2, 0.25) is 10.0 Å². The number of ether oxygens (including phenoxy) is 1. The zero-order valence-corrected chi connectivity index (χ0v) is 11.1. The highest BCUT2D eigenvalue weighted by Crippen LogP contribution is 2.32. The molecule has 0 fully saturated rings. The molecule has 1 aromatic rings. The third-order valence-corrected chi connectivity index (χ3v) is 3.27. The van der Waals surface area contributed by atoms with Gasteiger partial charge in [0.05, 0.1) is 29.5 Å². The number of esters is 1. The van der Waals surface area contributed by atoms with Crippen LogP contribution in [-0.4, -0.2) is 24.5 Å². The van der Waals surface area contributed by atoms with Gasteiger partial charge in [0, 0.05) is 4.92 Å². The Hall–Kier alpha value is -1.33. The van der Waals surface area contributed by atoms with E-state index in [1.54, 1.807) is 18.2 Å². The van der Waals surface area contributed by atoms with E-state index in [2.05, 4.69) is 4.74 Å². The first-order chi connectivity index (χ1) is 8.45. The summed E-state index contributed by atoms with van der Waals surface area (Å²) in [6.07, 6.45) is -0.114. The van der Waals surface area contributed by atoms with Gasteiger partial charge in [0.1, 0.15) is 0 Å². The Morgan fingerprint density at radius 1 is 1.50 bits per heavy atom. The molecule has 0 N–H and O–H groups in total. The topological polar surface area (TPSA) is 69.4 Å². The number of carbonyl (C=O) groups excluding carboxylic acids is 1. The lowest BCUT2D eigenvalue weighted by Crippen LogP contribution is -2.17. The molecule has 98 valence electrons. The van der Waals surface area contributed by atoms with E-state index >= 15 is 0 Å². The number of halogens is 2. The molecule has 0 aliphatic carbocycles. The van der Waals surface area contributed by atoms with Crippen molar-refractivity contribution in [3.8, 4) is 0 Å². The standard InChI is InChI=1S/C11H11Cl2NO4/c1-18-10(15)5-7(6-14(16)17)8-3-2-4-9(12)11(8)13/h2-4,7H,5-6H2,1H3. The molecule has 1 unspecified atom stereocenters. The average molecular weight is 292 g/mol. The van der Waals surface area contributed by atoms with Crippen molar-refractivity contribution >= 4 is 29.2 Å². The third kappa shape index (κ3) is 3.85. The monoisotopic (exact) mass is 291 g/mol. The van der Waals surface area contributed by atoms with Crippen molar-refractivity contribution in [2.24, 2.45) is 0 Å². The number of methoxy groups -OCH3 is 1. The van der Waals surface area contributed by atoms with E-state index in [4.69, 9.17) is 23.2 Å². The maximum atomic E-state index is 11.3. The smallest absolute Gasteiger partial charge is 0.306 e. The summed E-state index contributed by atoms with van der Waals surface area (Å²) in [5, 5.41) is 11.2. The second-order valence-electron chi connectivity index (χ2n) is 3.64. The average Bonchev–Trinajstić information content (AvgIpc) is 2.31. The van der Waals surface area contributed by atoms with Crippen LogP contribution in [0.5, 0.6) is 0 Å². The Kier molecular flexibility index (Phi) is 5.37. The van der Waals surface area contributed by atoms with Gasteiger partial charge in [-0.25, -0.2) is 0 Å². The zero-order chi connectivity index (χ0) is 13.7. The molecule has 18 heavy (non-hydrogen) atoms. The Balaban J connectivity index is 3.04. The predicted octanol–water partition coefficient (Wildman–Crippen LogP) is 2.92. The molecular formula is C11H11Cl2NO4. The number of carbonyl (C=O) groups is 1. The molecule has 0 radical (unpaired) electrons. The fraction of sp³-hybridized carbons (Fsp3) is 0.364. The molecule has 0 aromatic heterocycles. The van der Waals surface area contributed by atoms with Gasteiger partial charge >= 0.3 is 5.97 Å². The van der Waals surface area contributed by atoms with Crippen LogP contribution in [0, 0.1) is 10.1 Å². The van der Waals surface area contributed by atoms with Crippen LogP contribution in [0.1, 0.15) is 17.9 Å². The van der Waals surface area contributed by atoms with Gasteiger partial charge in [0.15, 0.2) is 0 Å². The van der Waals surface area contributed by atoms with Gasteiger partial charge in [-0.15, -0.1) is 0 Å². The van der Waals surface area contributed by atoms with Gasteiger partial charge in [0.2, 0.25) is 6.54 Å². The van der Waals surface area contributed by atoms with Crippen molar-refractivity contribution in [1.29, 1.82) is 0 Å². The van der Waals surface area contributed by atoms with Crippen LogP contribution in [0.25, 0.3) is 0 Å². The minimum atomic E-state index is -0.654. The van der Waals surface area contributed by atoms with Gasteiger partial charge < -0.3 is 4.74 Å². The molecule has 7 heteroatoms. The molecular weight excluding hydrogens is 281 g/mol. The Labute approximate surface area is 114 Å². The Morgan fingerprint density at radius 3 is 2.72 bits per heavy atom. The molecule has 0 spiro atoms. The first-order valence-electron chi connectivity index (χ1n) is 5.08. The summed E-state index contributed by atoms with van der Waals surface area (Å²) < 4.78 is 4.52. The van der Waals surface area contributed by atoms with E-state index in [0.29, 0.717) is 10.6 Å². The van der Waals surface area contributed by atoms with Crippen LogP contribution < -0.4 is 0 Å². The second-order valence-corrected chi connectivity index (χ2v) is 4.42. The summed E-state index contributed by atoms with van der Waals surface area (Å²) in [5.74, 6) is -1.18. The predicted molar refractivity (Wildman–Crippen MR) is 67.7 cm³/mol. The number of hydrogen-bond donors (Lipinski definition) is 0. The van der Waals surface area contributed by atoms with Gasteiger partial charge in [-0.05, 0) is 11.6 Å². The molecule has 0 saturated carbocycles. The van der Waals surface area contributed by atoms with Gasteiger partial charge in [0.25, 0.3) is 0 Å². The minimum absolute atomic E-state index is 0.114. The summed E-state index contributed by atoms with van der Waals surface area (Å²) in [5.41, 5.74) is 0.478. The van der Waals surface area contributed by atoms with Crippen molar-refractivity contribution in [1.82, 2.24) is 0 Å². The van der Waals surface area contributed by atoms with Crippen molar-refractivity contribution in [3.05, 3.63) is 43.9 Å². The van der Waals surface area contributed by atoms with Crippen LogP contribution in [0.3, 0.4) is 0 Å². The van der Waals surface area contributed by atoms with Gasteiger partial charge in [-0.2, -0.15) is 0 Å². The van der Waals surface area contributed by atoms with E-state index < -0.39 is 23.4 Å². The van der Waals surface area contributed by atoms with E-state index in [1.807, 2.05) is 0 Å². The maximum absolute atomic E-state index is 11.3. The van der Waals surface area contributed by atoms with Crippen molar-refractivity contribution in [2.75, 3.05) is 13.7 Å². The van der Waals surface area contributed by atoms with Gasteiger partial charge in [-0.1, -0.05) is 35.3 Å². The Morgan fingerprint density at radius 2 is 2.17 bits per heavy atom. The fourth-order valence-corrected chi connectivity index (χ4v) is 2.04. The molecule has 0 aliphatic rings. The third-order valence-electron chi connectivity index (χ3n) is 2.43. The van der Waals surface area contributed by atoms with Crippen molar-refractivity contribution < 1.29 is 14.5 Å². The molecule has 5 nitrogen and oxygen atoms in total. The van der Waals surface area contributed by atoms with E-state index in [-0.39, 0.29) is 11.4 Å². The largest absolute Gasteiger partial charge is 0.469 e. The lowest BCUT2D eigenvalue weighted by Gasteiger charge is -2.14. The molecule has 1 rings (SSSR count). The fourth-order valence-electron chi connectivity index (χ4n) is 1.57. The molecule has 1 aromatic carbocycles. The molecule has 0 amide bonds. The van der Waals surface area contributed by atoms with E-state index in [9.17, 15) is 14.9 Å². The highest BCUT2D eigenvalue weighted by Gasteiger charge is 2.24. The van der Waals surface area contributed by atoms with Crippen molar-refractivity contribution in [2.45, 2.75) is 12.3 Å². The molecule has 1 atom stereocenters. The van der Waals surface area contributed by atoms with Gasteiger partial charge in [-0.3, -0.25) is 14.9 Å². The van der Waals surface area contributed by atoms with E-state index in [0.717, 1.165) is 0 Å². The van der Waals surface area contributed by atoms with Crippen LogP contribution in [0.4, 0.5) is 0 Å². The maximum Gasteiger partial charge on any atom is 0.306 e. The number of nitro groups is 1. The molecule has 0 heterocycles. The zero-order valence-electron chi connectivity index (χ0n) is 9.56. The molecule has 0 bridgehead atoms. The summed E-state index contributed by atoms with van der Waals surface area (Å²) in [7, 11) is 1.23. The van der Waals surface area contributed by atoms with Crippen molar-refractivity contribution in [3.63, 3.8) is 0 Å². The quantitative estimate of drug-likeness (QED) is 0.475. The second kappa shape index (κ2) is 6.56. The normalized spacial score (nSPS) is 11.9. The molecule has 0 aliphatic heterocycles. The summed E-state index contributed by atoms with van der Waals surface area (Å²) in [6.45, 7) is -0.408. The SMILES string of the molecule is COC(=O)CC(C[N+](=O)[O-])c1cccc(Cl)c1Cl. The Bertz CT molecular complexity index is 464. The van der Waals surface area contributed by atoms with Crippen LogP contribution in [0.15, 0.2) is 18.2 Å². The number of rotatable bonds is 5. The molecule has 0 saturated heterocycles. The lowest BCUT2D eigenvalue weighted by atomic mass is 9.96. The number of nitrogens with zero attached hydrogens (tertiary/aromatic N) is 1. The summed E-state index contributed by atoms with van der Waals surface area (Å²) >= 11 is 11.8. The highest BCUT2D eigenvalue weighted by atomic mass is 35.5. The number of hydrogen-bond acceptors (Lipinski definition) is 4. The first-order valence-corrected chi connectivity index (χ1v) is 5.83. The van der Waals surface area contributed by atoms with E-state index in [1.165, 1.54) is 7.11 Å². The summed E-state index contributed by atoms with van der Waals surface area (Å²) in [4.78, 5) is 21.4.